The molecule has 0 atom stereocenters. The monoisotopic (exact) mass is 178 g/mol. The highest BCUT2D eigenvalue weighted by atomic mass is 19.4. The summed E-state index contributed by atoms with van der Waals surface area (Å²) in [5.74, 6) is 0. The van der Waals surface area contributed by atoms with Crippen molar-refractivity contribution >= 4 is 0 Å². The molecule has 1 rings (SSSR count). The molecule has 0 N–H and O–H groups in total. The van der Waals surface area contributed by atoms with E-state index in [1.165, 1.54) is 14.0 Å². The Labute approximate surface area is 68.0 Å². The molecule has 68 valence electrons. The van der Waals surface area contributed by atoms with Crippen LogP contribution in [0.3, 0.4) is 0 Å². The molecule has 0 spiro atoms. The maximum atomic E-state index is 12.3. The van der Waals surface area contributed by atoms with Crippen LogP contribution in [-0.4, -0.2) is 9.78 Å². The molecule has 1 heterocycles. The Balaban J connectivity index is 3.32. The van der Waals surface area contributed by atoms with Gasteiger partial charge in [-0.25, -0.2) is 0 Å². The number of hydrogen-bond donors (Lipinski definition) is 0. The predicted octanol–water partition coefficient (Wildman–Crippen LogP) is 2.06. The fourth-order valence-electron chi connectivity index (χ4n) is 1.16. The molecule has 0 aliphatic carbocycles. The summed E-state index contributed by atoms with van der Waals surface area (Å²) < 4.78 is 37.7. The molecular weight excluding hydrogens is 169 g/mol. The molecule has 1 aromatic heterocycles. The van der Waals surface area contributed by atoms with Gasteiger partial charge in [0.05, 0.1) is 5.69 Å². The third kappa shape index (κ3) is 1.31. The third-order valence-electron chi connectivity index (χ3n) is 1.79. The number of rotatable bonds is 0. The highest BCUT2D eigenvalue weighted by molar-refractivity contribution is 5.25. The lowest BCUT2D eigenvalue weighted by Crippen LogP contribution is -2.13. The van der Waals surface area contributed by atoms with E-state index in [1.807, 2.05) is 0 Å². The molecule has 0 aromatic carbocycles. The molecule has 5 heteroatoms. The smallest absolute Gasteiger partial charge is 0.263 e. The number of nitrogens with zero attached hydrogens (tertiary/aromatic N) is 2. The average molecular weight is 178 g/mol. The Morgan fingerprint density at radius 2 is 1.75 bits per heavy atom. The van der Waals surface area contributed by atoms with Crippen LogP contribution >= 0.6 is 0 Å². The lowest BCUT2D eigenvalue weighted by molar-refractivity contribution is -0.144. The van der Waals surface area contributed by atoms with Gasteiger partial charge in [-0.1, -0.05) is 0 Å². The summed E-state index contributed by atoms with van der Waals surface area (Å²) in [7, 11) is 1.29. The van der Waals surface area contributed by atoms with Gasteiger partial charge in [0.2, 0.25) is 0 Å². The van der Waals surface area contributed by atoms with Gasteiger partial charge in [0.15, 0.2) is 0 Å². The highest BCUT2D eigenvalue weighted by Crippen LogP contribution is 2.32. The maximum absolute atomic E-state index is 12.3. The first-order valence-corrected chi connectivity index (χ1v) is 3.41. The minimum atomic E-state index is -4.31. The van der Waals surface area contributed by atoms with E-state index in [4.69, 9.17) is 0 Å². The van der Waals surface area contributed by atoms with Crippen molar-refractivity contribution in [2.24, 2.45) is 7.05 Å². The van der Waals surface area contributed by atoms with Crippen LogP contribution in [0.5, 0.6) is 0 Å². The molecule has 12 heavy (non-hydrogen) atoms. The summed E-state index contributed by atoms with van der Waals surface area (Å²) in [6.07, 6.45) is -4.31. The zero-order chi connectivity index (χ0) is 9.52. The molecule has 1 aromatic rings. The number of halogens is 3. The molecule has 0 aliphatic heterocycles. The fraction of sp³-hybridized carbons (Fsp3) is 0.571. The van der Waals surface area contributed by atoms with E-state index >= 15 is 0 Å². The van der Waals surface area contributed by atoms with Crippen LogP contribution in [0.25, 0.3) is 0 Å². The molecule has 0 aliphatic rings. The molecular formula is C7H9F3N2. The molecule has 0 amide bonds. The first-order valence-electron chi connectivity index (χ1n) is 3.41. The van der Waals surface area contributed by atoms with E-state index in [2.05, 4.69) is 5.10 Å². The van der Waals surface area contributed by atoms with Gasteiger partial charge in [0.25, 0.3) is 0 Å². The minimum Gasteiger partial charge on any atom is -0.263 e. The van der Waals surface area contributed by atoms with Crippen molar-refractivity contribution in [2.75, 3.05) is 0 Å². The molecule has 0 bridgehead atoms. The van der Waals surface area contributed by atoms with Crippen molar-refractivity contribution in [1.82, 2.24) is 9.78 Å². The van der Waals surface area contributed by atoms with E-state index in [-0.39, 0.29) is 5.56 Å². The third-order valence-corrected chi connectivity index (χ3v) is 1.79. The summed E-state index contributed by atoms with van der Waals surface area (Å²) in [6.45, 7) is 2.98. The van der Waals surface area contributed by atoms with Gasteiger partial charge in [-0.2, -0.15) is 18.3 Å². The van der Waals surface area contributed by atoms with Crippen LogP contribution < -0.4 is 0 Å². The van der Waals surface area contributed by atoms with Gasteiger partial charge in [-0.05, 0) is 13.8 Å². The van der Waals surface area contributed by atoms with Crippen LogP contribution in [0.4, 0.5) is 13.2 Å². The first kappa shape index (κ1) is 9.09. The lowest BCUT2D eigenvalue weighted by Gasteiger charge is -2.07. The van der Waals surface area contributed by atoms with Crippen molar-refractivity contribution in [1.29, 1.82) is 0 Å². The molecule has 0 fully saturated rings. The molecule has 2 nitrogen and oxygen atoms in total. The minimum absolute atomic E-state index is 0.199. The molecule has 0 unspecified atom stereocenters. The zero-order valence-electron chi connectivity index (χ0n) is 7.03. The van der Waals surface area contributed by atoms with Crippen molar-refractivity contribution < 1.29 is 13.2 Å². The fourth-order valence-corrected chi connectivity index (χ4v) is 1.16. The topological polar surface area (TPSA) is 17.8 Å². The average Bonchev–Trinajstić information content (AvgIpc) is 2.05. The van der Waals surface area contributed by atoms with Crippen LogP contribution in [0.15, 0.2) is 0 Å². The molecule has 0 radical (unpaired) electrons. The van der Waals surface area contributed by atoms with Crippen LogP contribution in [0.2, 0.25) is 0 Å². The SMILES string of the molecule is Cc1nn(C)c(C(F)(F)F)c1C. The Kier molecular flexibility index (Phi) is 1.89. The number of hydrogen-bond acceptors (Lipinski definition) is 1. The van der Waals surface area contributed by atoms with Crippen LogP contribution in [0, 0.1) is 13.8 Å². The van der Waals surface area contributed by atoms with Crippen molar-refractivity contribution in [2.45, 2.75) is 20.0 Å². The Bertz CT molecular complexity index is 298. The number of aryl methyl sites for hydroxylation is 2. The van der Waals surface area contributed by atoms with E-state index < -0.39 is 11.9 Å². The van der Waals surface area contributed by atoms with Gasteiger partial charge in [-0.15, -0.1) is 0 Å². The number of aromatic nitrogens is 2. The predicted molar refractivity (Wildman–Crippen MR) is 37.7 cm³/mol. The van der Waals surface area contributed by atoms with E-state index in [9.17, 15) is 13.2 Å². The quantitative estimate of drug-likeness (QED) is 0.594. The summed E-state index contributed by atoms with van der Waals surface area (Å²) in [6, 6.07) is 0. The highest BCUT2D eigenvalue weighted by Gasteiger charge is 2.36. The summed E-state index contributed by atoms with van der Waals surface area (Å²) >= 11 is 0. The lowest BCUT2D eigenvalue weighted by atomic mass is 10.2. The van der Waals surface area contributed by atoms with Crippen molar-refractivity contribution in [3.8, 4) is 0 Å². The first-order chi connectivity index (χ1) is 5.34. The van der Waals surface area contributed by atoms with Gasteiger partial charge in [0.1, 0.15) is 5.69 Å². The second kappa shape index (κ2) is 2.50. The van der Waals surface area contributed by atoms with E-state index in [0.717, 1.165) is 4.68 Å². The zero-order valence-corrected chi connectivity index (χ0v) is 7.03. The Morgan fingerprint density at radius 3 is 1.92 bits per heavy atom. The Hall–Kier alpha value is -1.00. The molecule has 0 saturated heterocycles. The summed E-state index contributed by atoms with van der Waals surface area (Å²) in [5.41, 5.74) is -0.0465. The van der Waals surface area contributed by atoms with Crippen molar-refractivity contribution in [3.63, 3.8) is 0 Å². The summed E-state index contributed by atoms with van der Waals surface area (Å²) in [5, 5.41) is 3.67. The normalized spacial score (nSPS) is 12.2. The van der Waals surface area contributed by atoms with Gasteiger partial charge >= 0.3 is 6.18 Å². The maximum Gasteiger partial charge on any atom is 0.433 e. The second-order valence-electron chi connectivity index (χ2n) is 2.68. The van der Waals surface area contributed by atoms with Gasteiger partial charge in [0, 0.05) is 12.6 Å². The number of alkyl halides is 3. The largest absolute Gasteiger partial charge is 0.433 e. The van der Waals surface area contributed by atoms with Crippen molar-refractivity contribution in [3.05, 3.63) is 17.0 Å². The van der Waals surface area contributed by atoms with Crippen LogP contribution in [-0.2, 0) is 13.2 Å². The molecule has 0 saturated carbocycles. The van der Waals surface area contributed by atoms with E-state index in [0.29, 0.717) is 5.69 Å². The van der Waals surface area contributed by atoms with E-state index in [1.54, 1.807) is 6.92 Å². The second-order valence-corrected chi connectivity index (χ2v) is 2.68. The van der Waals surface area contributed by atoms with Gasteiger partial charge < -0.3 is 0 Å². The standard InChI is InChI=1S/C7H9F3N2/c1-4-5(2)11-12(3)6(4)7(8,9)10/h1-3H3. The van der Waals surface area contributed by atoms with Gasteiger partial charge in [-0.3, -0.25) is 4.68 Å². The summed E-state index contributed by atoms with van der Waals surface area (Å²) in [4.78, 5) is 0. The van der Waals surface area contributed by atoms with Crippen LogP contribution in [0.1, 0.15) is 17.0 Å². The Morgan fingerprint density at radius 1 is 1.25 bits per heavy atom.